The van der Waals surface area contributed by atoms with Crippen molar-refractivity contribution in [2.24, 2.45) is 0 Å². The minimum Gasteiger partial charge on any atom is -0.379 e. The summed E-state index contributed by atoms with van der Waals surface area (Å²) in [6, 6.07) is 8.45. The highest BCUT2D eigenvalue weighted by Crippen LogP contribution is 2.00. The lowest BCUT2D eigenvalue weighted by atomic mass is 10.2. The molecule has 1 saturated heterocycles. The van der Waals surface area contributed by atoms with Gasteiger partial charge in [-0.15, -0.1) is 0 Å². The number of hydrogen-bond donors (Lipinski definition) is 1. The first-order valence-corrected chi connectivity index (χ1v) is 6.11. The molecule has 1 heterocycles. The summed E-state index contributed by atoms with van der Waals surface area (Å²) in [5, 5.41) is 3.16. The van der Waals surface area contributed by atoms with Crippen LogP contribution in [0.3, 0.4) is 0 Å². The minimum atomic E-state index is 0.889. The molecule has 1 aromatic carbocycles. The molecule has 0 spiro atoms. The van der Waals surface area contributed by atoms with Crippen LogP contribution in [0.15, 0.2) is 24.3 Å². The van der Waals surface area contributed by atoms with Crippen molar-refractivity contribution in [3.05, 3.63) is 35.4 Å². The largest absolute Gasteiger partial charge is 0.379 e. The van der Waals surface area contributed by atoms with Crippen molar-refractivity contribution in [3.63, 3.8) is 0 Å². The van der Waals surface area contributed by atoms with Crippen LogP contribution in [-0.4, -0.2) is 26.3 Å². The van der Waals surface area contributed by atoms with Crippen molar-refractivity contribution in [2.75, 3.05) is 26.3 Å². The van der Waals surface area contributed by atoms with E-state index in [9.17, 15) is 0 Å². The molecule has 0 amide bonds. The number of ether oxygens (including phenoxy) is 1. The maximum absolute atomic E-state index is 5.01. The Bertz CT molecular complexity index is 228. The van der Waals surface area contributed by atoms with Gasteiger partial charge in [-0.2, -0.15) is 0 Å². The van der Waals surface area contributed by atoms with Gasteiger partial charge in [0.2, 0.25) is 0 Å². The average Bonchev–Trinajstić information content (AvgIpc) is 2.34. The topological polar surface area (TPSA) is 21.3 Å². The van der Waals surface area contributed by atoms with E-state index in [1.165, 1.54) is 11.1 Å². The maximum Gasteiger partial charge on any atom is 0.0591 e. The Hall–Kier alpha value is -0.860. The standard InChI is InChI=1S/C8H10.C4H9NO.C2H6/c1-7-4-3-5-8(2)6-7;1-3-6-4-2-5-1;1-2/h3-6H,1-2H3;5H,1-4H2;1-2H3. The SMILES string of the molecule is C1COCCN1.CC.Cc1cccc(C)c1. The van der Waals surface area contributed by atoms with Gasteiger partial charge in [0.05, 0.1) is 13.2 Å². The van der Waals surface area contributed by atoms with Gasteiger partial charge in [0.1, 0.15) is 0 Å². The molecule has 0 saturated carbocycles. The molecule has 0 atom stereocenters. The number of aryl methyl sites for hydroxylation is 2. The first-order chi connectivity index (χ1) is 7.79. The molecule has 1 fully saturated rings. The summed E-state index contributed by atoms with van der Waals surface area (Å²) in [6.07, 6.45) is 0. The molecule has 1 N–H and O–H groups in total. The fourth-order valence-corrected chi connectivity index (χ4v) is 1.32. The van der Waals surface area contributed by atoms with Gasteiger partial charge in [-0.25, -0.2) is 0 Å². The quantitative estimate of drug-likeness (QED) is 0.730. The number of hydrogen-bond acceptors (Lipinski definition) is 2. The van der Waals surface area contributed by atoms with Crippen molar-refractivity contribution in [3.8, 4) is 0 Å². The average molecular weight is 223 g/mol. The molecule has 0 aliphatic carbocycles. The van der Waals surface area contributed by atoms with E-state index in [1.807, 2.05) is 13.8 Å². The monoisotopic (exact) mass is 223 g/mol. The van der Waals surface area contributed by atoms with E-state index in [-0.39, 0.29) is 0 Å². The zero-order valence-corrected chi connectivity index (χ0v) is 11.0. The predicted octanol–water partition coefficient (Wildman–Crippen LogP) is 2.94. The third-order valence-corrected chi connectivity index (χ3v) is 2.02. The molecular formula is C14H25NO. The lowest BCUT2D eigenvalue weighted by Gasteiger charge is -2.10. The van der Waals surface area contributed by atoms with Crippen LogP contribution in [0, 0.1) is 13.8 Å². The summed E-state index contributed by atoms with van der Waals surface area (Å²) in [5.74, 6) is 0. The van der Waals surface area contributed by atoms with Gasteiger partial charge in [0.15, 0.2) is 0 Å². The van der Waals surface area contributed by atoms with E-state index in [1.54, 1.807) is 0 Å². The first kappa shape index (κ1) is 15.1. The summed E-state index contributed by atoms with van der Waals surface area (Å²) >= 11 is 0. The van der Waals surface area contributed by atoms with Crippen molar-refractivity contribution >= 4 is 0 Å². The summed E-state index contributed by atoms with van der Waals surface area (Å²) in [7, 11) is 0. The van der Waals surface area contributed by atoms with Gasteiger partial charge in [0, 0.05) is 13.1 Å². The van der Waals surface area contributed by atoms with E-state index in [0.29, 0.717) is 0 Å². The third kappa shape index (κ3) is 8.45. The van der Waals surface area contributed by atoms with Gasteiger partial charge in [-0.3, -0.25) is 0 Å². The van der Waals surface area contributed by atoms with Crippen LogP contribution in [0.5, 0.6) is 0 Å². The highest BCUT2D eigenvalue weighted by molar-refractivity contribution is 5.20. The van der Waals surface area contributed by atoms with Crippen LogP contribution in [0.4, 0.5) is 0 Å². The molecule has 0 aromatic heterocycles. The van der Waals surface area contributed by atoms with E-state index in [2.05, 4.69) is 43.4 Å². The molecule has 2 heteroatoms. The van der Waals surface area contributed by atoms with Gasteiger partial charge >= 0.3 is 0 Å². The minimum absolute atomic E-state index is 0.889. The van der Waals surface area contributed by atoms with Crippen molar-refractivity contribution in [1.29, 1.82) is 0 Å². The molecule has 2 nitrogen and oxygen atoms in total. The molecule has 0 radical (unpaired) electrons. The highest BCUT2D eigenvalue weighted by atomic mass is 16.5. The molecule has 1 aliphatic heterocycles. The van der Waals surface area contributed by atoms with Gasteiger partial charge in [-0.05, 0) is 13.8 Å². The second-order valence-electron chi connectivity index (χ2n) is 3.52. The number of nitrogens with one attached hydrogen (secondary N) is 1. The Morgan fingerprint density at radius 1 is 1.00 bits per heavy atom. The lowest BCUT2D eigenvalue weighted by Crippen LogP contribution is -2.30. The Kier molecular flexibility index (Phi) is 10.1. The molecule has 92 valence electrons. The van der Waals surface area contributed by atoms with Crippen LogP contribution in [0.2, 0.25) is 0 Å². The summed E-state index contributed by atoms with van der Waals surface area (Å²) in [5.41, 5.74) is 2.68. The molecule has 1 aromatic rings. The van der Waals surface area contributed by atoms with Crippen molar-refractivity contribution in [2.45, 2.75) is 27.7 Å². The Balaban J connectivity index is 0.000000251. The van der Waals surface area contributed by atoms with Crippen LogP contribution in [0.1, 0.15) is 25.0 Å². The predicted molar refractivity (Wildman–Crippen MR) is 71.0 cm³/mol. The second-order valence-corrected chi connectivity index (χ2v) is 3.52. The van der Waals surface area contributed by atoms with Gasteiger partial charge in [-0.1, -0.05) is 49.2 Å². The Labute approximate surface area is 100 Å². The number of rotatable bonds is 0. The molecular weight excluding hydrogens is 198 g/mol. The maximum atomic E-state index is 5.01. The first-order valence-electron chi connectivity index (χ1n) is 6.11. The van der Waals surface area contributed by atoms with E-state index in [0.717, 1.165) is 26.3 Å². The van der Waals surface area contributed by atoms with E-state index < -0.39 is 0 Å². The lowest BCUT2D eigenvalue weighted by molar-refractivity contribution is 0.109. The van der Waals surface area contributed by atoms with Crippen LogP contribution in [-0.2, 0) is 4.74 Å². The second kappa shape index (κ2) is 10.7. The van der Waals surface area contributed by atoms with E-state index >= 15 is 0 Å². The summed E-state index contributed by atoms with van der Waals surface area (Å²) < 4.78 is 5.01. The Morgan fingerprint density at radius 2 is 1.50 bits per heavy atom. The third-order valence-electron chi connectivity index (χ3n) is 2.02. The van der Waals surface area contributed by atoms with Crippen LogP contribution >= 0.6 is 0 Å². The fraction of sp³-hybridized carbons (Fsp3) is 0.571. The number of benzene rings is 1. The van der Waals surface area contributed by atoms with E-state index in [4.69, 9.17) is 4.74 Å². The van der Waals surface area contributed by atoms with Crippen LogP contribution < -0.4 is 5.32 Å². The molecule has 1 aliphatic rings. The molecule has 16 heavy (non-hydrogen) atoms. The summed E-state index contributed by atoms with van der Waals surface area (Å²) in [4.78, 5) is 0. The molecule has 0 bridgehead atoms. The zero-order valence-electron chi connectivity index (χ0n) is 11.0. The Morgan fingerprint density at radius 3 is 1.69 bits per heavy atom. The van der Waals surface area contributed by atoms with Crippen molar-refractivity contribution in [1.82, 2.24) is 5.32 Å². The fourth-order valence-electron chi connectivity index (χ4n) is 1.32. The van der Waals surface area contributed by atoms with Gasteiger partial charge < -0.3 is 10.1 Å². The summed E-state index contributed by atoms with van der Waals surface area (Å²) in [6.45, 7) is 12.0. The highest BCUT2D eigenvalue weighted by Gasteiger charge is 1.92. The van der Waals surface area contributed by atoms with Crippen LogP contribution in [0.25, 0.3) is 0 Å². The normalized spacial score (nSPS) is 14.0. The zero-order chi connectivity index (χ0) is 12.2. The van der Waals surface area contributed by atoms with Crippen molar-refractivity contribution < 1.29 is 4.74 Å². The van der Waals surface area contributed by atoms with Gasteiger partial charge in [0.25, 0.3) is 0 Å². The molecule has 2 rings (SSSR count). The molecule has 0 unspecified atom stereocenters. The smallest absolute Gasteiger partial charge is 0.0591 e. The number of morpholine rings is 1.